The largest absolute Gasteiger partial charge is 0.324 e. The average molecular weight is 354 g/mol. The summed E-state index contributed by atoms with van der Waals surface area (Å²) >= 11 is 6.13. The standard InChI is InChI=1S/C16H20ClN3O2S/c1-12(14-8-9-14)20(10-13-6-4-3-5-7-13)23(21,22)16-15(17)19(2)11-18-16/h3-7,11-12,14H,8-10H2,1-2H3. The van der Waals surface area contributed by atoms with Gasteiger partial charge in [0.1, 0.15) is 5.15 Å². The molecule has 0 saturated heterocycles. The van der Waals surface area contributed by atoms with E-state index >= 15 is 0 Å². The third-order valence-electron chi connectivity index (χ3n) is 4.33. The van der Waals surface area contributed by atoms with Crippen LogP contribution in [0.2, 0.25) is 5.15 Å². The van der Waals surface area contributed by atoms with Crippen LogP contribution in [0.3, 0.4) is 0 Å². The minimum Gasteiger partial charge on any atom is -0.324 e. The summed E-state index contributed by atoms with van der Waals surface area (Å²) in [5.41, 5.74) is 0.954. The molecule has 0 spiro atoms. The second-order valence-electron chi connectivity index (χ2n) is 6.07. The van der Waals surface area contributed by atoms with E-state index in [1.165, 1.54) is 15.2 Å². The Labute approximate surface area is 141 Å². The van der Waals surface area contributed by atoms with Gasteiger partial charge in [0, 0.05) is 19.6 Å². The summed E-state index contributed by atoms with van der Waals surface area (Å²) in [6, 6.07) is 9.54. The highest BCUT2D eigenvalue weighted by atomic mass is 35.5. The molecule has 1 aliphatic carbocycles. The van der Waals surface area contributed by atoms with Crippen molar-refractivity contribution in [2.45, 2.75) is 37.4 Å². The topological polar surface area (TPSA) is 55.2 Å². The number of hydrogen-bond acceptors (Lipinski definition) is 3. The summed E-state index contributed by atoms with van der Waals surface area (Å²) in [5.74, 6) is 0.413. The number of imidazole rings is 1. The van der Waals surface area contributed by atoms with Gasteiger partial charge in [-0.25, -0.2) is 13.4 Å². The lowest BCUT2D eigenvalue weighted by Gasteiger charge is -2.28. The fourth-order valence-corrected chi connectivity index (χ4v) is 4.78. The molecular weight excluding hydrogens is 334 g/mol. The van der Waals surface area contributed by atoms with E-state index in [2.05, 4.69) is 4.98 Å². The maximum absolute atomic E-state index is 13.1. The van der Waals surface area contributed by atoms with Gasteiger partial charge in [0.25, 0.3) is 10.0 Å². The summed E-state index contributed by atoms with van der Waals surface area (Å²) in [6.45, 7) is 2.29. The molecule has 1 aromatic heterocycles. The predicted octanol–water partition coefficient (Wildman–Crippen LogP) is 3.06. The molecular formula is C16H20ClN3O2S. The van der Waals surface area contributed by atoms with Crippen molar-refractivity contribution in [3.8, 4) is 0 Å². The number of sulfonamides is 1. The molecule has 1 unspecified atom stereocenters. The van der Waals surface area contributed by atoms with Gasteiger partial charge in [-0.05, 0) is 31.2 Å². The van der Waals surface area contributed by atoms with Crippen LogP contribution in [0.1, 0.15) is 25.3 Å². The third-order valence-corrected chi connectivity index (χ3v) is 6.75. The van der Waals surface area contributed by atoms with Crippen molar-refractivity contribution in [2.75, 3.05) is 0 Å². The molecule has 0 amide bonds. The van der Waals surface area contributed by atoms with Crippen LogP contribution in [0.5, 0.6) is 0 Å². The number of halogens is 1. The van der Waals surface area contributed by atoms with E-state index in [1.807, 2.05) is 37.3 Å². The number of rotatable bonds is 6. The zero-order chi connectivity index (χ0) is 16.6. The molecule has 1 saturated carbocycles. The van der Waals surface area contributed by atoms with Crippen molar-refractivity contribution in [2.24, 2.45) is 13.0 Å². The highest BCUT2D eigenvalue weighted by Crippen LogP contribution is 2.38. The van der Waals surface area contributed by atoms with Crippen LogP contribution in [-0.4, -0.2) is 28.3 Å². The monoisotopic (exact) mass is 353 g/mol. The van der Waals surface area contributed by atoms with E-state index in [1.54, 1.807) is 7.05 Å². The van der Waals surface area contributed by atoms with Crippen molar-refractivity contribution in [3.63, 3.8) is 0 Å². The summed E-state index contributed by atoms with van der Waals surface area (Å²) in [4.78, 5) is 4.01. The average Bonchev–Trinajstić information content (AvgIpc) is 3.32. The van der Waals surface area contributed by atoms with Crippen molar-refractivity contribution in [1.29, 1.82) is 0 Å². The second-order valence-corrected chi connectivity index (χ2v) is 8.23. The SMILES string of the molecule is CC(C1CC1)N(Cc1ccccc1)S(=O)(=O)c1ncn(C)c1Cl. The minimum atomic E-state index is -3.74. The first kappa shape index (κ1) is 16.5. The van der Waals surface area contributed by atoms with Crippen LogP contribution in [0.25, 0.3) is 0 Å². The molecule has 2 aromatic rings. The Morgan fingerprint density at radius 2 is 2.00 bits per heavy atom. The molecule has 1 aliphatic rings. The summed E-state index contributed by atoms with van der Waals surface area (Å²) < 4.78 is 29.3. The lowest BCUT2D eigenvalue weighted by Crippen LogP contribution is -2.39. The molecule has 7 heteroatoms. The number of benzene rings is 1. The van der Waals surface area contributed by atoms with E-state index in [4.69, 9.17) is 11.6 Å². The van der Waals surface area contributed by atoms with E-state index in [-0.39, 0.29) is 16.2 Å². The number of aryl methyl sites for hydroxylation is 1. The molecule has 1 aromatic carbocycles. The Bertz CT molecular complexity index is 785. The van der Waals surface area contributed by atoms with E-state index in [0.29, 0.717) is 12.5 Å². The maximum Gasteiger partial charge on any atom is 0.264 e. The number of hydrogen-bond donors (Lipinski definition) is 0. The van der Waals surface area contributed by atoms with Gasteiger partial charge in [-0.1, -0.05) is 41.9 Å². The Morgan fingerprint density at radius 1 is 1.35 bits per heavy atom. The van der Waals surface area contributed by atoms with Crippen molar-refractivity contribution in [1.82, 2.24) is 13.9 Å². The molecule has 1 heterocycles. The van der Waals surface area contributed by atoms with E-state index < -0.39 is 10.0 Å². The zero-order valence-electron chi connectivity index (χ0n) is 13.2. The quantitative estimate of drug-likeness (QED) is 0.802. The van der Waals surface area contributed by atoms with Gasteiger partial charge in [-0.15, -0.1) is 0 Å². The molecule has 5 nitrogen and oxygen atoms in total. The molecule has 0 aliphatic heterocycles. The van der Waals surface area contributed by atoms with Crippen LogP contribution in [0.15, 0.2) is 41.7 Å². The normalized spacial score (nSPS) is 16.7. The predicted molar refractivity (Wildman–Crippen MR) is 89.6 cm³/mol. The van der Waals surface area contributed by atoms with Gasteiger partial charge in [-0.2, -0.15) is 4.31 Å². The fraction of sp³-hybridized carbons (Fsp3) is 0.438. The molecule has 23 heavy (non-hydrogen) atoms. The van der Waals surface area contributed by atoms with E-state index in [9.17, 15) is 8.42 Å². The lowest BCUT2D eigenvalue weighted by molar-refractivity contribution is 0.302. The first-order valence-electron chi connectivity index (χ1n) is 7.64. The van der Waals surface area contributed by atoms with Crippen LogP contribution in [0, 0.1) is 5.92 Å². The van der Waals surface area contributed by atoms with Gasteiger partial charge >= 0.3 is 0 Å². The van der Waals surface area contributed by atoms with Crippen LogP contribution < -0.4 is 0 Å². The molecule has 1 fully saturated rings. The molecule has 3 rings (SSSR count). The Hall–Kier alpha value is -1.37. The summed E-state index contributed by atoms with van der Waals surface area (Å²) in [7, 11) is -2.06. The lowest BCUT2D eigenvalue weighted by atomic mass is 10.2. The van der Waals surface area contributed by atoms with Crippen molar-refractivity contribution in [3.05, 3.63) is 47.4 Å². The molecule has 124 valence electrons. The molecule has 0 N–H and O–H groups in total. The highest BCUT2D eigenvalue weighted by molar-refractivity contribution is 7.89. The van der Waals surface area contributed by atoms with Gasteiger partial charge in [-0.3, -0.25) is 0 Å². The third kappa shape index (κ3) is 3.29. The molecule has 1 atom stereocenters. The maximum atomic E-state index is 13.1. The molecule has 0 radical (unpaired) electrons. The van der Waals surface area contributed by atoms with Gasteiger partial charge in [0.05, 0.1) is 6.33 Å². The second kappa shape index (κ2) is 6.26. The summed E-state index contributed by atoms with van der Waals surface area (Å²) in [6.07, 6.45) is 3.56. The Kier molecular flexibility index (Phi) is 4.49. The zero-order valence-corrected chi connectivity index (χ0v) is 14.8. The highest BCUT2D eigenvalue weighted by Gasteiger charge is 2.40. The van der Waals surface area contributed by atoms with Crippen LogP contribution in [0.4, 0.5) is 0 Å². The molecule has 0 bridgehead atoms. The number of nitrogens with zero attached hydrogens (tertiary/aromatic N) is 3. The smallest absolute Gasteiger partial charge is 0.264 e. The van der Waals surface area contributed by atoms with Gasteiger partial charge in [0.15, 0.2) is 0 Å². The Morgan fingerprint density at radius 3 is 2.52 bits per heavy atom. The van der Waals surface area contributed by atoms with Gasteiger partial charge in [0.2, 0.25) is 5.03 Å². The van der Waals surface area contributed by atoms with Crippen molar-refractivity contribution >= 4 is 21.6 Å². The van der Waals surface area contributed by atoms with Crippen LogP contribution in [-0.2, 0) is 23.6 Å². The fourth-order valence-electron chi connectivity index (χ4n) is 2.70. The van der Waals surface area contributed by atoms with Crippen LogP contribution >= 0.6 is 11.6 Å². The first-order chi connectivity index (χ1) is 10.9. The van der Waals surface area contributed by atoms with Crippen molar-refractivity contribution < 1.29 is 8.42 Å². The van der Waals surface area contributed by atoms with Gasteiger partial charge < -0.3 is 4.57 Å². The number of aromatic nitrogens is 2. The summed E-state index contributed by atoms with van der Waals surface area (Å²) in [5, 5.41) is 0.0798. The van der Waals surface area contributed by atoms with E-state index in [0.717, 1.165) is 18.4 Å². The Balaban J connectivity index is 1.98. The minimum absolute atomic E-state index is 0.0647. The first-order valence-corrected chi connectivity index (χ1v) is 9.45.